The van der Waals surface area contributed by atoms with Gasteiger partial charge in [0.05, 0.1) is 0 Å². The second kappa shape index (κ2) is 3.67. The Labute approximate surface area is 87.2 Å². The minimum absolute atomic E-state index is 0.0546. The van der Waals surface area contributed by atoms with E-state index in [-0.39, 0.29) is 5.54 Å². The predicted molar refractivity (Wildman–Crippen MR) is 60.1 cm³/mol. The highest BCUT2D eigenvalue weighted by Crippen LogP contribution is 2.38. The maximum absolute atomic E-state index is 6.33. The summed E-state index contributed by atoms with van der Waals surface area (Å²) in [7, 11) is 0. The molecule has 2 aliphatic rings. The summed E-state index contributed by atoms with van der Waals surface area (Å²) in [6, 6.07) is 0. The van der Waals surface area contributed by atoms with Gasteiger partial charge in [0.15, 0.2) is 0 Å². The van der Waals surface area contributed by atoms with Crippen LogP contribution in [-0.4, -0.2) is 30.1 Å². The van der Waals surface area contributed by atoms with Crippen LogP contribution in [0.2, 0.25) is 0 Å². The van der Waals surface area contributed by atoms with E-state index in [9.17, 15) is 0 Å². The zero-order chi connectivity index (χ0) is 10.2. The van der Waals surface area contributed by atoms with E-state index in [0.717, 1.165) is 19.0 Å². The highest BCUT2D eigenvalue weighted by molar-refractivity contribution is 5.06. The Kier molecular flexibility index (Phi) is 2.67. The van der Waals surface area contributed by atoms with Crippen LogP contribution in [0.15, 0.2) is 11.6 Å². The van der Waals surface area contributed by atoms with Crippen LogP contribution in [0.25, 0.3) is 0 Å². The van der Waals surface area contributed by atoms with Gasteiger partial charge in [0, 0.05) is 25.2 Å². The van der Waals surface area contributed by atoms with Crippen LogP contribution in [0.5, 0.6) is 0 Å². The fourth-order valence-corrected chi connectivity index (χ4v) is 2.31. The van der Waals surface area contributed by atoms with Gasteiger partial charge in [0.2, 0.25) is 0 Å². The first kappa shape index (κ1) is 10.2. The Morgan fingerprint density at radius 1 is 1.57 bits per heavy atom. The van der Waals surface area contributed by atoms with Crippen LogP contribution in [-0.2, 0) is 0 Å². The summed E-state index contributed by atoms with van der Waals surface area (Å²) in [6.45, 7) is 7.81. The van der Waals surface area contributed by atoms with E-state index in [1.54, 1.807) is 0 Å². The van der Waals surface area contributed by atoms with Crippen molar-refractivity contribution >= 4 is 0 Å². The molecule has 0 amide bonds. The molecule has 2 rings (SSSR count). The smallest absolute Gasteiger partial charge is 0.0283 e. The number of hydrogen-bond acceptors (Lipinski definition) is 2. The average Bonchev–Trinajstić information content (AvgIpc) is 2.91. The third kappa shape index (κ3) is 2.37. The van der Waals surface area contributed by atoms with E-state index in [1.807, 2.05) is 0 Å². The van der Waals surface area contributed by atoms with Gasteiger partial charge in [-0.15, -0.1) is 0 Å². The SMILES string of the molecule is CC1=CCN(CC(C)(N)C2CC2)CC1. The summed E-state index contributed by atoms with van der Waals surface area (Å²) in [5.74, 6) is 0.787. The number of rotatable bonds is 3. The Hall–Kier alpha value is -0.340. The topological polar surface area (TPSA) is 29.3 Å². The standard InChI is InChI=1S/C12H22N2/c1-10-5-7-14(8-6-10)9-12(2,13)11-3-4-11/h5,11H,3-4,6-9,13H2,1-2H3. The van der Waals surface area contributed by atoms with Crippen molar-refractivity contribution in [1.82, 2.24) is 4.90 Å². The second-order valence-corrected chi connectivity index (χ2v) is 5.32. The fraction of sp³-hybridized carbons (Fsp3) is 0.833. The first-order valence-corrected chi connectivity index (χ1v) is 5.75. The monoisotopic (exact) mass is 194 g/mol. The molecule has 1 aliphatic carbocycles. The average molecular weight is 194 g/mol. The van der Waals surface area contributed by atoms with Crippen LogP contribution < -0.4 is 5.73 Å². The van der Waals surface area contributed by atoms with Crippen LogP contribution in [0, 0.1) is 5.92 Å². The van der Waals surface area contributed by atoms with Gasteiger partial charge >= 0.3 is 0 Å². The third-order valence-electron chi connectivity index (χ3n) is 3.59. The highest BCUT2D eigenvalue weighted by Gasteiger charge is 2.39. The van der Waals surface area contributed by atoms with Crippen molar-refractivity contribution in [3.05, 3.63) is 11.6 Å². The van der Waals surface area contributed by atoms with Crippen molar-refractivity contribution in [3.63, 3.8) is 0 Å². The molecule has 1 fully saturated rings. The molecule has 1 saturated carbocycles. The van der Waals surface area contributed by atoms with Crippen LogP contribution in [0.3, 0.4) is 0 Å². The minimum atomic E-state index is 0.0546. The van der Waals surface area contributed by atoms with E-state index >= 15 is 0 Å². The molecule has 0 saturated heterocycles. The molecule has 1 aliphatic heterocycles. The lowest BCUT2D eigenvalue weighted by atomic mass is 9.95. The van der Waals surface area contributed by atoms with Gasteiger partial charge in [-0.1, -0.05) is 11.6 Å². The molecule has 2 nitrogen and oxygen atoms in total. The lowest BCUT2D eigenvalue weighted by Gasteiger charge is -2.34. The van der Waals surface area contributed by atoms with Crippen LogP contribution in [0.1, 0.15) is 33.1 Å². The zero-order valence-corrected chi connectivity index (χ0v) is 9.42. The van der Waals surface area contributed by atoms with Gasteiger partial charge in [0.25, 0.3) is 0 Å². The van der Waals surface area contributed by atoms with Crippen molar-refractivity contribution in [1.29, 1.82) is 0 Å². The second-order valence-electron chi connectivity index (χ2n) is 5.32. The molecule has 1 unspecified atom stereocenters. The number of nitrogens with zero attached hydrogens (tertiary/aromatic N) is 1. The van der Waals surface area contributed by atoms with Gasteiger partial charge in [-0.3, -0.25) is 4.90 Å². The van der Waals surface area contributed by atoms with Gasteiger partial charge in [0.1, 0.15) is 0 Å². The largest absolute Gasteiger partial charge is 0.324 e. The van der Waals surface area contributed by atoms with Gasteiger partial charge in [-0.2, -0.15) is 0 Å². The van der Waals surface area contributed by atoms with E-state index in [0.29, 0.717) is 0 Å². The van der Waals surface area contributed by atoms with Gasteiger partial charge in [-0.05, 0) is 39.0 Å². The minimum Gasteiger partial charge on any atom is -0.324 e. The molecule has 2 heteroatoms. The highest BCUT2D eigenvalue weighted by atomic mass is 15.1. The van der Waals surface area contributed by atoms with E-state index in [1.165, 1.54) is 31.4 Å². The number of nitrogens with two attached hydrogens (primary N) is 1. The fourth-order valence-electron chi connectivity index (χ4n) is 2.31. The molecule has 14 heavy (non-hydrogen) atoms. The molecule has 80 valence electrons. The molecule has 0 aromatic rings. The molecule has 0 aromatic heterocycles. The number of hydrogen-bond donors (Lipinski definition) is 1. The quantitative estimate of drug-likeness (QED) is 0.694. The molecule has 1 heterocycles. The summed E-state index contributed by atoms with van der Waals surface area (Å²) in [4.78, 5) is 2.49. The van der Waals surface area contributed by atoms with Crippen molar-refractivity contribution in [2.75, 3.05) is 19.6 Å². The van der Waals surface area contributed by atoms with Crippen LogP contribution in [0.4, 0.5) is 0 Å². The summed E-state index contributed by atoms with van der Waals surface area (Å²) in [6.07, 6.45) is 6.25. The maximum atomic E-state index is 6.33. The molecular weight excluding hydrogens is 172 g/mol. The van der Waals surface area contributed by atoms with Crippen molar-refractivity contribution in [2.24, 2.45) is 11.7 Å². The Morgan fingerprint density at radius 2 is 2.29 bits per heavy atom. The Morgan fingerprint density at radius 3 is 2.79 bits per heavy atom. The summed E-state index contributed by atoms with van der Waals surface area (Å²) < 4.78 is 0. The third-order valence-corrected chi connectivity index (χ3v) is 3.59. The normalized spacial score (nSPS) is 28.4. The molecule has 0 aromatic carbocycles. The van der Waals surface area contributed by atoms with Crippen LogP contribution >= 0.6 is 0 Å². The van der Waals surface area contributed by atoms with Crippen molar-refractivity contribution < 1.29 is 0 Å². The lowest BCUT2D eigenvalue weighted by molar-refractivity contribution is 0.214. The lowest BCUT2D eigenvalue weighted by Crippen LogP contribution is -2.50. The van der Waals surface area contributed by atoms with Gasteiger partial charge < -0.3 is 5.73 Å². The first-order chi connectivity index (χ1) is 6.58. The van der Waals surface area contributed by atoms with E-state index in [2.05, 4.69) is 24.8 Å². The molecule has 1 atom stereocenters. The molecular formula is C12H22N2. The molecule has 0 bridgehead atoms. The molecule has 0 radical (unpaired) electrons. The molecule has 2 N–H and O–H groups in total. The molecule has 0 spiro atoms. The summed E-state index contributed by atoms with van der Waals surface area (Å²) >= 11 is 0. The van der Waals surface area contributed by atoms with E-state index in [4.69, 9.17) is 5.73 Å². The zero-order valence-electron chi connectivity index (χ0n) is 9.42. The Bertz CT molecular complexity index is 239. The van der Waals surface area contributed by atoms with Gasteiger partial charge in [-0.25, -0.2) is 0 Å². The summed E-state index contributed by atoms with van der Waals surface area (Å²) in [5, 5.41) is 0. The maximum Gasteiger partial charge on any atom is 0.0283 e. The van der Waals surface area contributed by atoms with Crippen molar-refractivity contribution in [2.45, 2.75) is 38.6 Å². The summed E-state index contributed by atoms with van der Waals surface area (Å²) in [5.41, 5.74) is 7.91. The predicted octanol–water partition coefficient (Wildman–Crippen LogP) is 1.77. The first-order valence-electron chi connectivity index (χ1n) is 5.75. The van der Waals surface area contributed by atoms with Crippen molar-refractivity contribution in [3.8, 4) is 0 Å². The Balaban J connectivity index is 1.85. The van der Waals surface area contributed by atoms with E-state index < -0.39 is 0 Å².